The lowest BCUT2D eigenvalue weighted by molar-refractivity contribution is -0.119. The Labute approximate surface area is 187 Å². The molecule has 0 fully saturated rings. The lowest BCUT2D eigenvalue weighted by atomic mass is 10.0. The number of ether oxygens (including phenoxy) is 1. The second kappa shape index (κ2) is 10.0. The number of anilines is 1. The number of nitrogens with one attached hydrogen (secondary N) is 1. The topological polar surface area (TPSA) is 110 Å². The molecule has 3 aromatic rings. The minimum atomic E-state index is -4.46. The third-order valence-electron chi connectivity index (χ3n) is 5.21. The van der Waals surface area contributed by atoms with Crippen molar-refractivity contribution in [2.45, 2.75) is 37.2 Å². The minimum absolute atomic E-state index is 0.0782. The van der Waals surface area contributed by atoms with Crippen molar-refractivity contribution in [3.8, 4) is 0 Å². The average Bonchev–Trinajstić information content (AvgIpc) is 2.75. The lowest BCUT2D eigenvalue weighted by Gasteiger charge is -2.14. The van der Waals surface area contributed by atoms with Gasteiger partial charge in [-0.15, -0.1) is 0 Å². The first-order valence-corrected chi connectivity index (χ1v) is 11.5. The van der Waals surface area contributed by atoms with Gasteiger partial charge in [-0.1, -0.05) is 36.4 Å². The molecule has 0 heterocycles. The molecule has 3 rings (SSSR count). The summed E-state index contributed by atoms with van der Waals surface area (Å²) in [5.74, 6) is -0.324. The fourth-order valence-corrected chi connectivity index (χ4v) is 4.33. The number of Topliss-reactive ketones (excluding diaryl/α,β-unsaturated/α-hetero) is 1. The Bertz CT molecular complexity index is 1230. The first-order chi connectivity index (χ1) is 15.2. The molecule has 32 heavy (non-hydrogen) atoms. The third-order valence-corrected chi connectivity index (χ3v) is 6.11. The highest BCUT2D eigenvalue weighted by molar-refractivity contribution is 7.86. The second-order valence-electron chi connectivity index (χ2n) is 7.59. The van der Waals surface area contributed by atoms with Crippen LogP contribution in [-0.4, -0.2) is 37.9 Å². The zero-order valence-corrected chi connectivity index (χ0v) is 18.7. The van der Waals surface area contributed by atoms with Crippen molar-refractivity contribution in [2.24, 2.45) is 0 Å². The van der Waals surface area contributed by atoms with E-state index in [1.54, 1.807) is 43.5 Å². The van der Waals surface area contributed by atoms with E-state index in [1.807, 2.05) is 12.1 Å². The van der Waals surface area contributed by atoms with Gasteiger partial charge in [0.15, 0.2) is 0 Å². The van der Waals surface area contributed by atoms with Crippen LogP contribution in [0.15, 0.2) is 65.6 Å². The number of carbonyl (C=O) groups excluding carboxylic acids is 2. The van der Waals surface area contributed by atoms with Crippen LogP contribution in [0, 0.1) is 0 Å². The number of amides is 1. The summed E-state index contributed by atoms with van der Waals surface area (Å²) >= 11 is 0. The maximum Gasteiger partial charge on any atom is 0.295 e. The van der Waals surface area contributed by atoms with Crippen LogP contribution in [0.2, 0.25) is 0 Å². The maximum atomic E-state index is 12.8. The van der Waals surface area contributed by atoms with Crippen LogP contribution in [0.4, 0.5) is 5.69 Å². The van der Waals surface area contributed by atoms with Gasteiger partial charge in [0.25, 0.3) is 16.0 Å². The quantitative estimate of drug-likeness (QED) is 0.467. The molecule has 0 bridgehead atoms. The molecule has 0 aromatic heterocycles. The molecule has 1 atom stereocenters. The normalized spacial score (nSPS) is 12.5. The van der Waals surface area contributed by atoms with Gasteiger partial charge in [0.1, 0.15) is 10.7 Å². The number of ketones is 1. The zero-order chi connectivity index (χ0) is 23.3. The number of carbonyl (C=O) groups is 2. The van der Waals surface area contributed by atoms with Gasteiger partial charge in [-0.25, -0.2) is 0 Å². The van der Waals surface area contributed by atoms with Crippen LogP contribution < -0.4 is 5.32 Å². The van der Waals surface area contributed by atoms with Crippen molar-refractivity contribution in [3.63, 3.8) is 0 Å². The molecule has 0 aliphatic carbocycles. The monoisotopic (exact) mass is 455 g/mol. The summed E-state index contributed by atoms with van der Waals surface area (Å²) in [6.45, 7) is 1.54. The zero-order valence-electron chi connectivity index (χ0n) is 17.9. The summed E-state index contributed by atoms with van der Waals surface area (Å²) < 4.78 is 38.5. The van der Waals surface area contributed by atoms with Gasteiger partial charge in [-0.2, -0.15) is 8.42 Å². The number of hydrogen-bond donors (Lipinski definition) is 2. The van der Waals surface area contributed by atoms with Crippen LogP contribution in [0.1, 0.15) is 35.7 Å². The molecule has 7 nitrogen and oxygen atoms in total. The van der Waals surface area contributed by atoms with Crippen LogP contribution in [0.25, 0.3) is 10.8 Å². The van der Waals surface area contributed by atoms with E-state index in [1.165, 1.54) is 19.1 Å². The van der Waals surface area contributed by atoms with Crippen molar-refractivity contribution in [1.82, 2.24) is 0 Å². The largest absolute Gasteiger partial charge is 0.381 e. The van der Waals surface area contributed by atoms with Crippen molar-refractivity contribution in [3.05, 3.63) is 71.8 Å². The summed E-state index contributed by atoms with van der Waals surface area (Å²) in [4.78, 5) is 23.8. The van der Waals surface area contributed by atoms with Crippen molar-refractivity contribution >= 4 is 38.3 Å². The molecule has 8 heteroatoms. The van der Waals surface area contributed by atoms with E-state index in [-0.39, 0.29) is 27.9 Å². The molecule has 0 saturated heterocycles. The lowest BCUT2D eigenvalue weighted by Crippen LogP contribution is -2.15. The summed E-state index contributed by atoms with van der Waals surface area (Å²) in [6.07, 6.45) is 1.62. The molecule has 2 N–H and O–H groups in total. The summed E-state index contributed by atoms with van der Waals surface area (Å²) in [5.41, 5.74) is 1.70. The van der Waals surface area contributed by atoms with Crippen LogP contribution in [0.5, 0.6) is 0 Å². The van der Waals surface area contributed by atoms with Gasteiger partial charge < -0.3 is 10.1 Å². The van der Waals surface area contributed by atoms with Gasteiger partial charge in [0.05, 0.1) is 11.8 Å². The highest BCUT2D eigenvalue weighted by Gasteiger charge is 2.18. The molecule has 1 unspecified atom stereocenters. The van der Waals surface area contributed by atoms with Gasteiger partial charge in [-0.05, 0) is 55.0 Å². The standard InChI is InChI=1S/C24H25NO6S/c1-16(26)15-20(31-2)14-11-17-9-12-19(13-10-17)24(27)25-21-7-3-5-18-6-4-8-22(23(18)21)32(28,29)30/h3-10,12-13,20H,11,14-15H2,1-2H3,(H,25,27)(H,28,29,30). The number of benzene rings is 3. The Morgan fingerprint density at radius 3 is 2.28 bits per heavy atom. The average molecular weight is 456 g/mol. The van der Waals surface area contributed by atoms with Crippen LogP contribution in [0.3, 0.4) is 0 Å². The number of hydrogen-bond acceptors (Lipinski definition) is 5. The summed E-state index contributed by atoms with van der Waals surface area (Å²) in [5, 5.41) is 3.57. The Morgan fingerprint density at radius 2 is 1.69 bits per heavy atom. The third kappa shape index (κ3) is 5.79. The molecule has 0 radical (unpaired) electrons. The van der Waals surface area contributed by atoms with E-state index in [2.05, 4.69) is 5.32 Å². The molecule has 0 aliphatic heterocycles. The van der Waals surface area contributed by atoms with Crippen molar-refractivity contribution in [1.29, 1.82) is 0 Å². The number of rotatable bonds is 9. The Hall–Kier alpha value is -3.07. The van der Waals surface area contributed by atoms with E-state index in [0.717, 1.165) is 5.56 Å². The predicted molar refractivity (Wildman–Crippen MR) is 123 cm³/mol. The predicted octanol–water partition coefficient (Wildman–Crippen LogP) is 4.27. The SMILES string of the molecule is COC(CCc1ccc(C(=O)Nc2cccc3cccc(S(=O)(=O)O)c23)cc1)CC(C)=O. The fraction of sp³-hybridized carbons (Fsp3) is 0.250. The van der Waals surface area contributed by atoms with E-state index in [4.69, 9.17) is 4.74 Å². The highest BCUT2D eigenvalue weighted by Crippen LogP contribution is 2.30. The van der Waals surface area contributed by atoms with Gasteiger partial charge in [-0.3, -0.25) is 14.1 Å². The molecule has 0 aliphatic rings. The molecular formula is C24H25NO6S. The van der Waals surface area contributed by atoms with E-state index >= 15 is 0 Å². The maximum absolute atomic E-state index is 12.8. The number of aryl methyl sites for hydroxylation is 1. The van der Waals surface area contributed by atoms with Crippen LogP contribution >= 0.6 is 0 Å². The van der Waals surface area contributed by atoms with E-state index in [9.17, 15) is 22.6 Å². The fourth-order valence-electron chi connectivity index (χ4n) is 3.59. The first kappa shape index (κ1) is 23.6. The molecule has 0 spiro atoms. The molecule has 0 saturated carbocycles. The summed E-state index contributed by atoms with van der Waals surface area (Å²) in [6, 6.07) is 16.6. The summed E-state index contributed by atoms with van der Waals surface area (Å²) in [7, 11) is -2.88. The Kier molecular flexibility index (Phi) is 7.40. The first-order valence-electron chi connectivity index (χ1n) is 10.1. The number of fused-ring (bicyclic) bond motifs is 1. The number of methoxy groups -OCH3 is 1. The molecular weight excluding hydrogens is 430 g/mol. The van der Waals surface area contributed by atoms with Crippen molar-refractivity contribution in [2.75, 3.05) is 12.4 Å². The van der Waals surface area contributed by atoms with Gasteiger partial charge in [0.2, 0.25) is 0 Å². The Balaban J connectivity index is 1.77. The molecule has 1 amide bonds. The molecule has 168 valence electrons. The van der Waals surface area contributed by atoms with Gasteiger partial charge in [0, 0.05) is 24.5 Å². The molecule has 3 aromatic carbocycles. The smallest absolute Gasteiger partial charge is 0.295 e. The Morgan fingerprint density at radius 1 is 1.03 bits per heavy atom. The van der Waals surface area contributed by atoms with Gasteiger partial charge >= 0.3 is 0 Å². The van der Waals surface area contributed by atoms with E-state index < -0.39 is 16.0 Å². The highest BCUT2D eigenvalue weighted by atomic mass is 32.2. The van der Waals surface area contributed by atoms with Crippen LogP contribution in [-0.2, 0) is 26.1 Å². The second-order valence-corrected chi connectivity index (χ2v) is 8.98. The van der Waals surface area contributed by atoms with E-state index in [0.29, 0.717) is 30.2 Å². The van der Waals surface area contributed by atoms with Crippen molar-refractivity contribution < 1.29 is 27.3 Å². The minimum Gasteiger partial charge on any atom is -0.381 e.